The number of fused-ring (bicyclic) bond motifs is 16. The quantitative estimate of drug-likeness (QED) is 0.164. The Balaban J connectivity index is 1.05. The van der Waals surface area contributed by atoms with Crippen molar-refractivity contribution in [2.24, 2.45) is 0 Å². The largest absolute Gasteiger partial charge is 0.311 e. The van der Waals surface area contributed by atoms with E-state index in [2.05, 4.69) is 262 Å². The first kappa shape index (κ1) is 38.6. The average molecular weight is 911 g/mol. The summed E-state index contributed by atoms with van der Waals surface area (Å²) in [4.78, 5) is 5.01. The Hall–Kier alpha value is -9.25. The highest BCUT2D eigenvalue weighted by Crippen LogP contribution is 2.48. The Labute approximate surface area is 417 Å². The molecule has 0 spiro atoms. The fourth-order valence-corrected chi connectivity index (χ4v) is 13.8. The standard InChI is InChI=1S/C66H40B2N4/c1-5-19-41(20-6-1)45-27-17-33-55-61(45)47-35-37-57-63-65(47)71(55)59-39-52-60(40-51(59)67(63)49-29-13-15-31-53(49)69(57)43-23-9-3-10-24-43)72-56-34-18-28-46(42-21-7-2-8-22-42)62(56)48-36-38-58-64(66(48)72)68(52)50-30-14-16-32-54(50)70(58)44-25-11-4-12-26-44/h1-40H. The molecule has 2 aromatic heterocycles. The second-order valence-electron chi connectivity index (χ2n) is 19.9. The predicted octanol–water partition coefficient (Wildman–Crippen LogP) is 12.4. The van der Waals surface area contributed by atoms with Crippen molar-refractivity contribution in [1.82, 2.24) is 9.13 Å². The summed E-state index contributed by atoms with van der Waals surface area (Å²) in [6.07, 6.45) is 0. The lowest BCUT2D eigenvalue weighted by molar-refractivity contribution is 1.16. The molecule has 6 heterocycles. The number of anilines is 6. The van der Waals surface area contributed by atoms with Crippen LogP contribution in [-0.4, -0.2) is 22.6 Å². The first-order chi connectivity index (χ1) is 35.8. The Bertz CT molecular complexity index is 4180. The number of hydrogen-bond donors (Lipinski definition) is 0. The molecule has 11 aromatic carbocycles. The molecule has 0 amide bonds. The van der Waals surface area contributed by atoms with Crippen molar-refractivity contribution in [3.05, 3.63) is 243 Å². The van der Waals surface area contributed by atoms with Crippen LogP contribution in [0.3, 0.4) is 0 Å². The Kier molecular flexibility index (Phi) is 7.60. The Morgan fingerprint density at radius 3 is 1.10 bits per heavy atom. The van der Waals surface area contributed by atoms with Gasteiger partial charge in [-0.05, 0) is 128 Å². The third-order valence-electron chi connectivity index (χ3n) is 16.5. The van der Waals surface area contributed by atoms with Crippen LogP contribution in [0.25, 0.3) is 77.2 Å². The fourth-order valence-electron chi connectivity index (χ4n) is 13.8. The van der Waals surface area contributed by atoms with Crippen LogP contribution in [0, 0.1) is 0 Å². The van der Waals surface area contributed by atoms with E-state index in [0.717, 1.165) is 11.4 Å². The van der Waals surface area contributed by atoms with Crippen molar-refractivity contribution < 1.29 is 0 Å². The zero-order chi connectivity index (χ0) is 46.8. The van der Waals surface area contributed by atoms with Gasteiger partial charge in [0.1, 0.15) is 0 Å². The van der Waals surface area contributed by atoms with Crippen LogP contribution in [0.4, 0.5) is 34.1 Å². The van der Waals surface area contributed by atoms with Crippen molar-refractivity contribution in [2.45, 2.75) is 0 Å². The molecule has 13 aromatic rings. The SMILES string of the molecule is c1ccc(-c2cccc3c2c2ccc4c5c2n3-c2cc3c(cc2B5c2ccccc2N4c2ccccc2)-n2c4cccc(-c5ccccc5)c4c4ccc5c(c42)B3c2ccccc2N5c2ccccc2)cc1. The summed E-state index contributed by atoms with van der Waals surface area (Å²) in [6, 6.07) is 90.9. The molecule has 0 aliphatic carbocycles. The van der Waals surface area contributed by atoms with Gasteiger partial charge in [0.2, 0.25) is 0 Å². The fraction of sp³-hybridized carbons (Fsp3) is 0. The number of rotatable bonds is 4. The molecule has 0 atom stereocenters. The van der Waals surface area contributed by atoms with Crippen LogP contribution in [0.1, 0.15) is 0 Å². The summed E-state index contributed by atoms with van der Waals surface area (Å²) in [5.74, 6) is 0. The molecule has 0 bridgehead atoms. The first-order valence-corrected chi connectivity index (χ1v) is 25.2. The van der Waals surface area contributed by atoms with Gasteiger partial charge >= 0.3 is 0 Å². The van der Waals surface area contributed by atoms with E-state index >= 15 is 0 Å². The lowest BCUT2D eigenvalue weighted by Gasteiger charge is -2.42. The van der Waals surface area contributed by atoms with E-state index < -0.39 is 0 Å². The van der Waals surface area contributed by atoms with Gasteiger partial charge in [-0.15, -0.1) is 0 Å². The molecule has 0 saturated carbocycles. The van der Waals surface area contributed by atoms with Crippen LogP contribution < -0.4 is 42.6 Å². The Morgan fingerprint density at radius 2 is 0.667 bits per heavy atom. The molecule has 4 aliphatic rings. The highest BCUT2D eigenvalue weighted by molar-refractivity contribution is 7.02. The maximum atomic E-state index is 2.66. The molecule has 0 radical (unpaired) electrons. The average Bonchev–Trinajstić information content (AvgIpc) is 3.99. The lowest BCUT2D eigenvalue weighted by Crippen LogP contribution is -2.63. The van der Waals surface area contributed by atoms with Crippen molar-refractivity contribution in [2.75, 3.05) is 9.80 Å². The summed E-state index contributed by atoms with van der Waals surface area (Å²) < 4.78 is 5.31. The van der Waals surface area contributed by atoms with Crippen LogP contribution >= 0.6 is 0 Å². The second kappa shape index (κ2) is 14.2. The smallest absolute Gasteiger partial charge is 0.252 e. The number of aromatic nitrogens is 2. The van der Waals surface area contributed by atoms with Gasteiger partial charge in [-0.2, -0.15) is 0 Å². The monoisotopic (exact) mass is 910 g/mol. The lowest BCUT2D eigenvalue weighted by atomic mass is 9.31. The predicted molar refractivity (Wildman–Crippen MR) is 305 cm³/mol. The molecular formula is C66H40B2N4. The molecule has 0 unspecified atom stereocenters. The van der Waals surface area contributed by atoms with Crippen LogP contribution in [0.5, 0.6) is 0 Å². The molecule has 0 fully saturated rings. The Morgan fingerprint density at radius 1 is 0.278 bits per heavy atom. The van der Waals surface area contributed by atoms with E-state index in [1.165, 1.54) is 133 Å². The molecule has 0 saturated heterocycles. The van der Waals surface area contributed by atoms with Crippen molar-refractivity contribution >= 4 is 124 Å². The highest BCUT2D eigenvalue weighted by atomic mass is 15.2. The van der Waals surface area contributed by atoms with Gasteiger partial charge in [0.25, 0.3) is 13.4 Å². The minimum Gasteiger partial charge on any atom is -0.311 e. The van der Waals surface area contributed by atoms with Gasteiger partial charge in [-0.25, -0.2) is 0 Å². The van der Waals surface area contributed by atoms with Gasteiger partial charge in [-0.3, -0.25) is 0 Å². The molecule has 330 valence electrons. The van der Waals surface area contributed by atoms with Crippen molar-refractivity contribution in [3.8, 4) is 33.6 Å². The molecular weight excluding hydrogens is 870 g/mol. The third kappa shape index (κ3) is 4.88. The molecule has 0 N–H and O–H groups in total. The van der Waals surface area contributed by atoms with E-state index in [1.54, 1.807) is 0 Å². The van der Waals surface area contributed by atoms with Crippen LogP contribution in [0.15, 0.2) is 243 Å². The zero-order valence-corrected chi connectivity index (χ0v) is 39.0. The molecule has 17 rings (SSSR count). The van der Waals surface area contributed by atoms with E-state index in [-0.39, 0.29) is 13.4 Å². The number of benzene rings is 11. The molecule has 72 heavy (non-hydrogen) atoms. The van der Waals surface area contributed by atoms with E-state index in [9.17, 15) is 0 Å². The van der Waals surface area contributed by atoms with Gasteiger partial charge in [0, 0.05) is 67.0 Å². The summed E-state index contributed by atoms with van der Waals surface area (Å²) in [7, 11) is 0. The second-order valence-corrected chi connectivity index (χ2v) is 19.9. The van der Waals surface area contributed by atoms with Crippen molar-refractivity contribution in [3.63, 3.8) is 0 Å². The molecule has 4 nitrogen and oxygen atoms in total. The third-order valence-corrected chi connectivity index (χ3v) is 16.5. The molecule has 6 heteroatoms. The summed E-state index contributed by atoms with van der Waals surface area (Å²) >= 11 is 0. The highest BCUT2D eigenvalue weighted by Gasteiger charge is 2.47. The van der Waals surface area contributed by atoms with Gasteiger partial charge < -0.3 is 18.9 Å². The summed E-state index contributed by atoms with van der Waals surface area (Å²) in [5.41, 5.74) is 27.7. The van der Waals surface area contributed by atoms with Gasteiger partial charge in [0.05, 0.1) is 22.1 Å². The minimum absolute atomic E-state index is 0.0331. The van der Waals surface area contributed by atoms with E-state index in [0.29, 0.717) is 0 Å². The first-order valence-electron chi connectivity index (χ1n) is 25.2. The number of para-hydroxylation sites is 4. The summed E-state index contributed by atoms with van der Waals surface area (Å²) in [5, 5.41) is 5.14. The van der Waals surface area contributed by atoms with Crippen molar-refractivity contribution in [1.29, 1.82) is 0 Å². The maximum absolute atomic E-state index is 2.66. The van der Waals surface area contributed by atoms with Gasteiger partial charge in [0.15, 0.2) is 0 Å². The number of nitrogens with zero attached hydrogens (tertiary/aromatic N) is 4. The topological polar surface area (TPSA) is 16.3 Å². The van der Waals surface area contributed by atoms with E-state index in [4.69, 9.17) is 0 Å². The normalized spacial score (nSPS) is 13.4. The minimum atomic E-state index is -0.0331. The van der Waals surface area contributed by atoms with Crippen LogP contribution in [0.2, 0.25) is 0 Å². The zero-order valence-electron chi connectivity index (χ0n) is 39.0. The maximum Gasteiger partial charge on any atom is 0.252 e. The number of hydrogen-bond acceptors (Lipinski definition) is 2. The summed E-state index contributed by atoms with van der Waals surface area (Å²) in [6.45, 7) is -0.0661. The van der Waals surface area contributed by atoms with Crippen LogP contribution in [-0.2, 0) is 0 Å². The van der Waals surface area contributed by atoms with Gasteiger partial charge in [-0.1, -0.05) is 170 Å². The molecule has 4 aliphatic heterocycles. The van der Waals surface area contributed by atoms with E-state index in [1.807, 2.05) is 0 Å².